The van der Waals surface area contributed by atoms with Crippen molar-refractivity contribution in [2.45, 2.75) is 45.3 Å². The van der Waals surface area contributed by atoms with Crippen molar-refractivity contribution in [1.29, 1.82) is 0 Å². The minimum Gasteiger partial charge on any atom is -0.454 e. The summed E-state index contributed by atoms with van der Waals surface area (Å²) in [6.07, 6.45) is 0.543. The molecule has 27 heavy (non-hydrogen) atoms. The number of para-hydroxylation sites is 2. The number of esters is 1. The average Bonchev–Trinajstić information content (AvgIpc) is 3.06. The first-order chi connectivity index (χ1) is 13.0. The molecule has 0 saturated carbocycles. The Kier molecular flexibility index (Phi) is 5.84. The first kappa shape index (κ1) is 19.0. The minimum absolute atomic E-state index is 0.0443. The van der Waals surface area contributed by atoms with E-state index in [0.29, 0.717) is 17.5 Å². The molecule has 3 rings (SSSR count). The molecule has 0 spiro atoms. The third kappa shape index (κ3) is 3.99. The highest BCUT2D eigenvalue weighted by molar-refractivity contribution is 5.79. The van der Waals surface area contributed by atoms with E-state index in [1.165, 1.54) is 0 Å². The highest BCUT2D eigenvalue weighted by Gasteiger charge is 2.28. The zero-order valence-electron chi connectivity index (χ0n) is 15.3. The maximum absolute atomic E-state index is 13.6. The fourth-order valence-electron chi connectivity index (χ4n) is 3.26. The van der Waals surface area contributed by atoms with Crippen LogP contribution in [0.25, 0.3) is 11.0 Å². The summed E-state index contributed by atoms with van der Waals surface area (Å²) in [6.45, 7) is 0.795. The molecule has 142 valence electrons. The van der Waals surface area contributed by atoms with Crippen molar-refractivity contribution in [3.8, 4) is 0 Å². The van der Waals surface area contributed by atoms with E-state index >= 15 is 0 Å². The van der Waals surface area contributed by atoms with E-state index in [4.69, 9.17) is 4.74 Å². The standard InChI is InChI=1S/C21H22F2N2O2/c1-3-9-16(15-10-5-4-6-11-15)20(26)27-14(2)19-24-17-12-7-8-13-18(17)25(19)21(22)23/h4-8,10-14,16,21H,3,9H2,1-2H3. The monoisotopic (exact) mass is 372 g/mol. The third-order valence-corrected chi connectivity index (χ3v) is 4.54. The van der Waals surface area contributed by atoms with E-state index in [-0.39, 0.29) is 5.82 Å². The Bertz CT molecular complexity index is 909. The number of carbonyl (C=O) groups excluding carboxylic acids is 1. The lowest BCUT2D eigenvalue weighted by atomic mass is 9.94. The van der Waals surface area contributed by atoms with Gasteiger partial charge in [-0.3, -0.25) is 9.36 Å². The number of fused-ring (bicyclic) bond motifs is 1. The Balaban J connectivity index is 1.88. The quantitative estimate of drug-likeness (QED) is 0.506. The summed E-state index contributed by atoms with van der Waals surface area (Å²) in [5, 5.41) is 0. The maximum atomic E-state index is 13.6. The van der Waals surface area contributed by atoms with Crippen LogP contribution in [0.2, 0.25) is 0 Å². The van der Waals surface area contributed by atoms with E-state index in [2.05, 4.69) is 4.98 Å². The van der Waals surface area contributed by atoms with Gasteiger partial charge in [0.2, 0.25) is 0 Å². The molecule has 1 aromatic heterocycles. The van der Waals surface area contributed by atoms with Gasteiger partial charge in [-0.1, -0.05) is 55.8 Å². The molecule has 0 N–H and O–H groups in total. The fourth-order valence-corrected chi connectivity index (χ4v) is 3.26. The van der Waals surface area contributed by atoms with Gasteiger partial charge in [0, 0.05) is 0 Å². The number of halogens is 2. The van der Waals surface area contributed by atoms with Crippen molar-refractivity contribution >= 4 is 17.0 Å². The van der Waals surface area contributed by atoms with E-state index in [0.717, 1.165) is 16.6 Å². The number of rotatable bonds is 7. The number of hydrogen-bond acceptors (Lipinski definition) is 3. The predicted molar refractivity (Wildman–Crippen MR) is 99.6 cm³/mol. The lowest BCUT2D eigenvalue weighted by molar-refractivity contribution is -0.151. The Morgan fingerprint density at radius 1 is 1.11 bits per heavy atom. The van der Waals surface area contributed by atoms with Crippen LogP contribution in [0, 0.1) is 0 Å². The minimum atomic E-state index is -2.77. The second-order valence-corrected chi connectivity index (χ2v) is 6.44. The molecular weight excluding hydrogens is 350 g/mol. The van der Waals surface area contributed by atoms with Crippen LogP contribution in [0.3, 0.4) is 0 Å². The number of carbonyl (C=O) groups is 1. The van der Waals surface area contributed by atoms with Crippen LogP contribution in [0.5, 0.6) is 0 Å². The van der Waals surface area contributed by atoms with Crippen molar-refractivity contribution in [1.82, 2.24) is 9.55 Å². The van der Waals surface area contributed by atoms with Crippen molar-refractivity contribution in [3.05, 3.63) is 66.0 Å². The predicted octanol–water partition coefficient (Wildman–Crippen LogP) is 5.62. The van der Waals surface area contributed by atoms with Gasteiger partial charge in [-0.05, 0) is 31.0 Å². The molecule has 3 aromatic rings. The van der Waals surface area contributed by atoms with Crippen LogP contribution in [0.15, 0.2) is 54.6 Å². The molecule has 0 amide bonds. The Morgan fingerprint density at radius 3 is 2.44 bits per heavy atom. The fraction of sp³-hybridized carbons (Fsp3) is 0.333. The molecule has 2 unspecified atom stereocenters. The summed E-state index contributed by atoms with van der Waals surface area (Å²) in [5.74, 6) is -0.811. The second kappa shape index (κ2) is 8.29. The summed E-state index contributed by atoms with van der Waals surface area (Å²) in [7, 11) is 0. The number of ether oxygens (including phenoxy) is 1. The summed E-state index contributed by atoms with van der Waals surface area (Å²) in [6, 6.07) is 16.0. The molecule has 0 aliphatic carbocycles. The van der Waals surface area contributed by atoms with Gasteiger partial charge in [-0.25, -0.2) is 4.98 Å². The largest absolute Gasteiger partial charge is 0.454 e. The first-order valence-electron chi connectivity index (χ1n) is 9.03. The number of hydrogen-bond donors (Lipinski definition) is 0. The van der Waals surface area contributed by atoms with Crippen LogP contribution in [0.4, 0.5) is 8.78 Å². The molecular formula is C21H22F2N2O2. The van der Waals surface area contributed by atoms with Gasteiger partial charge >= 0.3 is 12.5 Å². The van der Waals surface area contributed by atoms with E-state index in [1.54, 1.807) is 31.2 Å². The molecule has 2 aromatic carbocycles. The number of alkyl halides is 2. The van der Waals surface area contributed by atoms with Crippen molar-refractivity contribution < 1.29 is 18.3 Å². The molecule has 0 fully saturated rings. The number of aromatic nitrogens is 2. The molecule has 0 aliphatic heterocycles. The van der Waals surface area contributed by atoms with Gasteiger partial charge in [-0.2, -0.15) is 8.78 Å². The summed E-state index contributed by atoms with van der Waals surface area (Å²) >= 11 is 0. The maximum Gasteiger partial charge on any atom is 0.320 e. The number of imidazole rings is 1. The average molecular weight is 372 g/mol. The van der Waals surface area contributed by atoms with Crippen molar-refractivity contribution in [3.63, 3.8) is 0 Å². The smallest absolute Gasteiger partial charge is 0.320 e. The van der Waals surface area contributed by atoms with Gasteiger partial charge < -0.3 is 4.74 Å². The van der Waals surface area contributed by atoms with E-state index in [9.17, 15) is 13.6 Å². The van der Waals surface area contributed by atoms with Crippen LogP contribution in [-0.2, 0) is 9.53 Å². The Hall–Kier alpha value is -2.76. The SMILES string of the molecule is CCCC(C(=O)OC(C)c1nc2ccccc2n1C(F)F)c1ccccc1. The lowest BCUT2D eigenvalue weighted by Gasteiger charge is -2.20. The summed E-state index contributed by atoms with van der Waals surface area (Å²) in [5.41, 5.74) is 1.63. The zero-order chi connectivity index (χ0) is 19.4. The molecule has 0 bridgehead atoms. The molecule has 0 aliphatic rings. The highest BCUT2D eigenvalue weighted by atomic mass is 19.3. The van der Waals surface area contributed by atoms with Crippen LogP contribution in [0.1, 0.15) is 56.6 Å². The first-order valence-corrected chi connectivity index (χ1v) is 9.03. The summed E-state index contributed by atoms with van der Waals surface area (Å²) in [4.78, 5) is 17.0. The van der Waals surface area contributed by atoms with Crippen LogP contribution < -0.4 is 0 Å². The highest BCUT2D eigenvalue weighted by Crippen LogP contribution is 2.30. The molecule has 0 radical (unpaired) electrons. The molecule has 4 nitrogen and oxygen atoms in total. The van der Waals surface area contributed by atoms with Gasteiger partial charge in [0.05, 0.1) is 17.0 Å². The topological polar surface area (TPSA) is 44.1 Å². The normalized spacial score (nSPS) is 13.7. The van der Waals surface area contributed by atoms with E-state index < -0.39 is 24.5 Å². The molecule has 2 atom stereocenters. The van der Waals surface area contributed by atoms with Crippen molar-refractivity contribution in [2.75, 3.05) is 0 Å². The molecule has 6 heteroatoms. The van der Waals surface area contributed by atoms with E-state index in [1.807, 2.05) is 37.3 Å². The number of benzene rings is 2. The van der Waals surface area contributed by atoms with Gasteiger partial charge in [0.15, 0.2) is 11.9 Å². The van der Waals surface area contributed by atoms with Crippen molar-refractivity contribution in [2.24, 2.45) is 0 Å². The van der Waals surface area contributed by atoms with Gasteiger partial charge in [-0.15, -0.1) is 0 Å². The van der Waals surface area contributed by atoms with Crippen LogP contribution in [-0.4, -0.2) is 15.5 Å². The van der Waals surface area contributed by atoms with Gasteiger partial charge in [0.1, 0.15) is 0 Å². The zero-order valence-corrected chi connectivity index (χ0v) is 15.3. The Morgan fingerprint density at radius 2 is 1.78 bits per heavy atom. The lowest BCUT2D eigenvalue weighted by Crippen LogP contribution is -2.20. The third-order valence-electron chi connectivity index (χ3n) is 4.54. The number of nitrogens with zero attached hydrogens (tertiary/aromatic N) is 2. The summed E-state index contributed by atoms with van der Waals surface area (Å²) < 4.78 is 33.6. The molecule has 1 heterocycles. The van der Waals surface area contributed by atoms with Gasteiger partial charge in [0.25, 0.3) is 0 Å². The van der Waals surface area contributed by atoms with Crippen LogP contribution >= 0.6 is 0 Å². The Labute approximate surface area is 156 Å². The second-order valence-electron chi connectivity index (χ2n) is 6.44. The molecule has 0 saturated heterocycles.